The molecule has 2 heterocycles. The van der Waals surface area contributed by atoms with Crippen LogP contribution in [0.5, 0.6) is 0 Å². The number of methoxy groups -OCH3 is 1. The number of ether oxygens (including phenoxy) is 1. The van der Waals surface area contributed by atoms with E-state index in [9.17, 15) is 9.59 Å². The Morgan fingerprint density at radius 1 is 1.30 bits per heavy atom. The molecule has 0 N–H and O–H groups in total. The van der Waals surface area contributed by atoms with Crippen LogP contribution in [0.2, 0.25) is 5.02 Å². The van der Waals surface area contributed by atoms with Gasteiger partial charge in [0.25, 0.3) is 5.56 Å². The lowest BCUT2D eigenvalue weighted by atomic mass is 10.3. The minimum Gasteiger partial charge on any atom is -0.467 e. The van der Waals surface area contributed by atoms with Crippen LogP contribution in [0.3, 0.4) is 0 Å². The monoisotopic (exact) mass is 332 g/mol. The molecule has 2 aromatic heterocycles. The molecule has 3 rings (SSSR count). The predicted octanol–water partition coefficient (Wildman–Crippen LogP) is 1.97. The molecule has 1 atom stereocenters. The van der Waals surface area contributed by atoms with Crippen LogP contribution in [0.15, 0.2) is 41.6 Å². The SMILES string of the molecule is COC(=O)[C@H](C)n1cnc2c(cnn2-c2ccc(Cl)cc2)c1=O. The Morgan fingerprint density at radius 2 is 2.00 bits per heavy atom. The van der Waals surface area contributed by atoms with E-state index < -0.39 is 12.0 Å². The van der Waals surface area contributed by atoms with Crippen molar-refractivity contribution in [3.05, 3.63) is 52.2 Å². The highest BCUT2D eigenvalue weighted by Crippen LogP contribution is 2.17. The molecule has 0 aliphatic rings. The average Bonchev–Trinajstić information content (AvgIpc) is 2.99. The summed E-state index contributed by atoms with van der Waals surface area (Å²) in [5, 5.41) is 5.12. The number of carbonyl (C=O) groups is 1. The van der Waals surface area contributed by atoms with Gasteiger partial charge in [0.15, 0.2) is 5.65 Å². The first-order valence-electron chi connectivity index (χ1n) is 6.81. The molecule has 118 valence electrons. The second-order valence-electron chi connectivity index (χ2n) is 4.93. The molecule has 0 unspecified atom stereocenters. The minimum absolute atomic E-state index is 0.318. The van der Waals surface area contributed by atoms with Gasteiger partial charge in [-0.3, -0.25) is 9.36 Å². The number of aromatic nitrogens is 4. The largest absolute Gasteiger partial charge is 0.467 e. The fourth-order valence-corrected chi connectivity index (χ4v) is 2.38. The molecule has 0 spiro atoms. The predicted molar refractivity (Wildman–Crippen MR) is 84.9 cm³/mol. The summed E-state index contributed by atoms with van der Waals surface area (Å²) in [6.07, 6.45) is 2.75. The lowest BCUT2D eigenvalue weighted by molar-refractivity contribution is -0.144. The van der Waals surface area contributed by atoms with E-state index >= 15 is 0 Å². The van der Waals surface area contributed by atoms with Crippen molar-refractivity contribution in [2.45, 2.75) is 13.0 Å². The second-order valence-corrected chi connectivity index (χ2v) is 5.36. The van der Waals surface area contributed by atoms with Crippen LogP contribution >= 0.6 is 11.6 Å². The molecule has 1 aromatic carbocycles. The molecule has 3 aromatic rings. The molecule has 23 heavy (non-hydrogen) atoms. The van der Waals surface area contributed by atoms with Crippen LogP contribution in [-0.4, -0.2) is 32.4 Å². The molecule has 0 aliphatic carbocycles. The van der Waals surface area contributed by atoms with Crippen molar-refractivity contribution in [3.63, 3.8) is 0 Å². The Morgan fingerprint density at radius 3 is 2.65 bits per heavy atom. The van der Waals surface area contributed by atoms with Gasteiger partial charge in [-0.1, -0.05) is 11.6 Å². The molecule has 0 saturated carbocycles. The quantitative estimate of drug-likeness (QED) is 0.685. The zero-order chi connectivity index (χ0) is 16.6. The van der Waals surface area contributed by atoms with Gasteiger partial charge in [-0.25, -0.2) is 14.5 Å². The molecule has 0 saturated heterocycles. The highest BCUT2D eigenvalue weighted by molar-refractivity contribution is 6.30. The van der Waals surface area contributed by atoms with Crippen molar-refractivity contribution in [1.82, 2.24) is 19.3 Å². The van der Waals surface area contributed by atoms with Crippen molar-refractivity contribution in [2.24, 2.45) is 0 Å². The highest BCUT2D eigenvalue weighted by atomic mass is 35.5. The molecule has 0 aliphatic heterocycles. The maximum Gasteiger partial charge on any atom is 0.328 e. The molecule has 0 amide bonds. The third-order valence-corrected chi connectivity index (χ3v) is 3.80. The lowest BCUT2D eigenvalue weighted by Gasteiger charge is -2.12. The number of nitrogens with zero attached hydrogens (tertiary/aromatic N) is 4. The van der Waals surface area contributed by atoms with Gasteiger partial charge in [-0.05, 0) is 31.2 Å². The maximum atomic E-state index is 12.5. The van der Waals surface area contributed by atoms with Gasteiger partial charge in [0.2, 0.25) is 0 Å². The molecular formula is C15H13ClN4O3. The number of benzene rings is 1. The van der Waals surface area contributed by atoms with Crippen LogP contribution in [-0.2, 0) is 9.53 Å². The summed E-state index contributed by atoms with van der Waals surface area (Å²) in [5.74, 6) is -0.515. The van der Waals surface area contributed by atoms with Crippen molar-refractivity contribution in [3.8, 4) is 5.69 Å². The van der Waals surface area contributed by atoms with E-state index in [0.29, 0.717) is 16.1 Å². The summed E-state index contributed by atoms with van der Waals surface area (Å²) in [6, 6.07) is 6.25. The summed E-state index contributed by atoms with van der Waals surface area (Å²) in [5.41, 5.74) is 0.786. The summed E-state index contributed by atoms with van der Waals surface area (Å²) < 4.78 is 7.43. The van der Waals surface area contributed by atoms with Gasteiger partial charge in [0.1, 0.15) is 17.8 Å². The summed E-state index contributed by atoms with van der Waals surface area (Å²) >= 11 is 5.87. The number of carbonyl (C=O) groups excluding carboxylic acids is 1. The fourth-order valence-electron chi connectivity index (χ4n) is 2.26. The highest BCUT2D eigenvalue weighted by Gasteiger charge is 2.19. The van der Waals surface area contributed by atoms with Gasteiger partial charge >= 0.3 is 5.97 Å². The normalized spacial score (nSPS) is 12.3. The van der Waals surface area contributed by atoms with Crippen molar-refractivity contribution in [2.75, 3.05) is 7.11 Å². The first-order chi connectivity index (χ1) is 11.0. The molecule has 8 heteroatoms. The van der Waals surface area contributed by atoms with Crippen LogP contribution in [0.25, 0.3) is 16.7 Å². The van der Waals surface area contributed by atoms with Crippen molar-refractivity contribution < 1.29 is 9.53 Å². The summed E-state index contributed by atoms with van der Waals surface area (Å²) in [6.45, 7) is 1.57. The van der Waals surface area contributed by atoms with Gasteiger partial charge in [-0.15, -0.1) is 0 Å². The van der Waals surface area contributed by atoms with Crippen molar-refractivity contribution >= 4 is 28.6 Å². The van der Waals surface area contributed by atoms with Gasteiger partial charge in [0.05, 0.1) is 19.0 Å². The number of rotatable bonds is 3. The Balaban J connectivity index is 2.13. The van der Waals surface area contributed by atoms with Crippen LogP contribution in [0.1, 0.15) is 13.0 Å². The van der Waals surface area contributed by atoms with Crippen LogP contribution in [0, 0.1) is 0 Å². The molecule has 7 nitrogen and oxygen atoms in total. The van der Waals surface area contributed by atoms with E-state index in [4.69, 9.17) is 11.6 Å². The number of esters is 1. The summed E-state index contributed by atoms with van der Waals surface area (Å²) in [4.78, 5) is 28.4. The van der Waals surface area contributed by atoms with Gasteiger partial charge < -0.3 is 4.74 Å². The van der Waals surface area contributed by atoms with E-state index in [0.717, 1.165) is 5.69 Å². The third kappa shape index (κ3) is 2.59. The van der Waals surface area contributed by atoms with Crippen LogP contribution < -0.4 is 5.56 Å². The number of hydrogen-bond acceptors (Lipinski definition) is 5. The Labute approximate surface area is 136 Å². The Hall–Kier alpha value is -2.67. The fraction of sp³-hybridized carbons (Fsp3) is 0.200. The second kappa shape index (κ2) is 5.85. The third-order valence-electron chi connectivity index (χ3n) is 3.54. The number of fused-ring (bicyclic) bond motifs is 1. The van der Waals surface area contributed by atoms with E-state index in [2.05, 4.69) is 14.8 Å². The first-order valence-corrected chi connectivity index (χ1v) is 7.19. The average molecular weight is 333 g/mol. The first kappa shape index (κ1) is 15.2. The number of halogens is 1. The molecule has 0 fully saturated rings. The lowest BCUT2D eigenvalue weighted by Crippen LogP contribution is -2.29. The van der Waals surface area contributed by atoms with E-state index in [1.807, 2.05) is 0 Å². The smallest absolute Gasteiger partial charge is 0.328 e. The van der Waals surface area contributed by atoms with Crippen molar-refractivity contribution in [1.29, 1.82) is 0 Å². The Kier molecular flexibility index (Phi) is 3.87. The number of hydrogen-bond donors (Lipinski definition) is 0. The standard InChI is InChI=1S/C15H13ClN4O3/c1-9(15(22)23-2)19-8-17-13-12(14(19)21)7-18-20(13)11-5-3-10(16)4-6-11/h3-9H,1-2H3/t9-/m0/s1. The van der Waals surface area contributed by atoms with E-state index in [1.54, 1.807) is 35.9 Å². The van der Waals surface area contributed by atoms with E-state index in [1.165, 1.54) is 24.2 Å². The van der Waals surface area contributed by atoms with E-state index in [-0.39, 0.29) is 5.56 Å². The minimum atomic E-state index is -0.761. The zero-order valence-corrected chi connectivity index (χ0v) is 13.2. The molecule has 0 radical (unpaired) electrons. The molecule has 0 bridgehead atoms. The Bertz CT molecular complexity index is 930. The van der Waals surface area contributed by atoms with Crippen LogP contribution in [0.4, 0.5) is 0 Å². The summed E-state index contributed by atoms with van der Waals surface area (Å²) in [7, 11) is 1.27. The maximum absolute atomic E-state index is 12.5. The molecular weight excluding hydrogens is 320 g/mol. The zero-order valence-electron chi connectivity index (χ0n) is 12.4. The van der Waals surface area contributed by atoms with Gasteiger partial charge in [-0.2, -0.15) is 5.10 Å². The van der Waals surface area contributed by atoms with Gasteiger partial charge in [0, 0.05) is 5.02 Å². The topological polar surface area (TPSA) is 79.0 Å².